The Morgan fingerprint density at radius 1 is 1.09 bits per heavy atom. The number of H-pyrrole nitrogens is 1. The minimum absolute atomic E-state index is 0.0208. The number of thiazole rings is 1. The molecule has 0 radical (unpaired) electrons. The molecule has 0 aliphatic heterocycles. The standard InChI is InChI=1S/C20H25N5O2S.C5H11NO2.C5H11NO.C2H6.CH4O/c1-10-15(19-25-16-14(28-19)7-8-21-18(16)26)17(23-11(2)22-10)24-13-6-5-12(9-13)20(3,4)27;1-3(2)4(6)5(7)8;1-4(2)5(6)3-7;2*1-2/h7-8,12-13,27H,5-6,9H2,1-4H3,(H,21,26)(H,22,23,24);3-4H,6H2,1-2H3,(H,7,8);3-5H,6H2,1-2H3;1-2H3;2H,1H3. The number of aliphatic hydroxyl groups excluding tert-OH is 1. The molecule has 3 aromatic heterocycles. The summed E-state index contributed by atoms with van der Waals surface area (Å²) in [6.45, 7) is 19.0. The number of aromatic nitrogens is 4. The van der Waals surface area contributed by atoms with Crippen LogP contribution in [0.3, 0.4) is 0 Å². The van der Waals surface area contributed by atoms with Crippen molar-refractivity contribution in [1.82, 2.24) is 19.9 Å². The van der Waals surface area contributed by atoms with Crippen molar-refractivity contribution in [3.8, 4) is 10.6 Å². The molecule has 3 heterocycles. The minimum atomic E-state index is -0.931. The van der Waals surface area contributed by atoms with E-state index in [0.717, 1.165) is 59.4 Å². The van der Waals surface area contributed by atoms with Crippen LogP contribution >= 0.6 is 11.3 Å². The number of carbonyl (C=O) groups is 2. The Labute approximate surface area is 282 Å². The number of aryl methyl sites for hydroxylation is 2. The van der Waals surface area contributed by atoms with Crippen LogP contribution in [0, 0.1) is 31.6 Å². The fourth-order valence-electron chi connectivity index (χ4n) is 4.44. The molecule has 3 aromatic rings. The maximum Gasteiger partial charge on any atom is 0.320 e. The van der Waals surface area contributed by atoms with Crippen molar-refractivity contribution in [1.29, 1.82) is 0 Å². The number of hydrogen-bond acceptors (Lipinski definition) is 12. The maximum atomic E-state index is 12.1. The van der Waals surface area contributed by atoms with Gasteiger partial charge >= 0.3 is 5.97 Å². The second-order valence-corrected chi connectivity index (χ2v) is 13.2. The highest BCUT2D eigenvalue weighted by atomic mass is 32.1. The molecule has 0 aromatic carbocycles. The van der Waals surface area contributed by atoms with Crippen molar-refractivity contribution in [2.24, 2.45) is 29.2 Å². The second-order valence-electron chi connectivity index (χ2n) is 12.2. The number of nitrogens with one attached hydrogen (secondary N) is 2. The number of aliphatic hydroxyl groups is 2. The van der Waals surface area contributed by atoms with E-state index in [9.17, 15) is 19.5 Å². The SMILES string of the molecule is CC.CC(C)C(N)C(=O)O.CC(C)C(N)C=O.CO.Cc1nc(C)c(-c2nc3c(=O)[nH]ccc3s2)c(NC2CCC(C(C)(C)O)C2)n1. The van der Waals surface area contributed by atoms with Crippen LogP contribution in [0.2, 0.25) is 0 Å². The van der Waals surface area contributed by atoms with Crippen LogP contribution in [0.25, 0.3) is 20.8 Å². The number of aldehydes is 1. The normalized spacial score (nSPS) is 16.7. The van der Waals surface area contributed by atoms with Crippen LogP contribution in [-0.2, 0) is 9.59 Å². The average Bonchev–Trinajstić information content (AvgIpc) is 3.67. The van der Waals surface area contributed by atoms with E-state index in [1.54, 1.807) is 20.0 Å². The number of nitrogens with two attached hydrogens (primary N) is 2. The van der Waals surface area contributed by atoms with Gasteiger partial charge in [0.2, 0.25) is 0 Å². The van der Waals surface area contributed by atoms with Gasteiger partial charge in [0.15, 0.2) is 0 Å². The van der Waals surface area contributed by atoms with Gasteiger partial charge in [0.1, 0.15) is 34.5 Å². The number of pyridine rings is 1. The van der Waals surface area contributed by atoms with E-state index in [4.69, 9.17) is 21.7 Å². The van der Waals surface area contributed by atoms with Crippen LogP contribution in [0.15, 0.2) is 17.1 Å². The molecule has 4 atom stereocenters. The van der Waals surface area contributed by atoms with Gasteiger partial charge < -0.3 is 41.9 Å². The lowest BCUT2D eigenvalue weighted by molar-refractivity contribution is -0.139. The number of aliphatic carboxylic acids is 1. The first kappa shape index (κ1) is 43.7. The maximum absolute atomic E-state index is 12.1. The summed E-state index contributed by atoms with van der Waals surface area (Å²) >= 11 is 1.47. The van der Waals surface area contributed by atoms with Crippen molar-refractivity contribution in [2.75, 3.05) is 12.4 Å². The molecule has 1 aliphatic rings. The molecule has 47 heavy (non-hydrogen) atoms. The third-order valence-electron chi connectivity index (χ3n) is 7.44. The molecule has 9 N–H and O–H groups in total. The van der Waals surface area contributed by atoms with Gasteiger partial charge in [-0.25, -0.2) is 15.0 Å². The van der Waals surface area contributed by atoms with E-state index in [1.165, 1.54) is 11.3 Å². The molecular weight excluding hydrogens is 622 g/mol. The lowest BCUT2D eigenvalue weighted by atomic mass is 9.89. The molecule has 0 bridgehead atoms. The van der Waals surface area contributed by atoms with Crippen molar-refractivity contribution in [2.45, 2.75) is 112 Å². The summed E-state index contributed by atoms with van der Waals surface area (Å²) < 4.78 is 0.840. The zero-order chi connectivity index (χ0) is 36.6. The molecule has 0 spiro atoms. The van der Waals surface area contributed by atoms with E-state index in [0.29, 0.717) is 11.3 Å². The topological polar surface area (TPSA) is 230 Å². The first-order chi connectivity index (χ1) is 22.0. The number of fused-ring (bicyclic) bond motifs is 1. The molecule has 1 saturated carbocycles. The fourth-order valence-corrected chi connectivity index (χ4v) is 5.50. The third-order valence-corrected chi connectivity index (χ3v) is 8.47. The van der Waals surface area contributed by atoms with E-state index >= 15 is 0 Å². The van der Waals surface area contributed by atoms with E-state index in [-0.39, 0.29) is 35.4 Å². The van der Waals surface area contributed by atoms with Gasteiger partial charge in [-0.05, 0) is 70.8 Å². The first-order valence-corrected chi connectivity index (χ1v) is 16.7. The number of rotatable bonds is 8. The van der Waals surface area contributed by atoms with Crippen molar-refractivity contribution >= 4 is 39.6 Å². The smallest absolute Gasteiger partial charge is 0.320 e. The largest absolute Gasteiger partial charge is 0.480 e. The number of carbonyl (C=O) groups excluding carboxylic acids is 1. The summed E-state index contributed by atoms with van der Waals surface area (Å²) in [6, 6.07) is 1.11. The number of anilines is 1. The molecule has 4 rings (SSSR count). The van der Waals surface area contributed by atoms with Crippen LogP contribution in [-0.4, -0.2) is 78.3 Å². The van der Waals surface area contributed by atoms with Gasteiger partial charge in [0.25, 0.3) is 5.56 Å². The molecule has 0 saturated heterocycles. The summed E-state index contributed by atoms with van der Waals surface area (Å²) in [5.74, 6) is 1.07. The molecule has 1 fully saturated rings. The Balaban J connectivity index is 0.000000923. The Hall–Kier alpha value is -3.30. The van der Waals surface area contributed by atoms with Crippen LogP contribution in [0.5, 0.6) is 0 Å². The molecule has 0 amide bonds. The number of carboxylic acid groups (broad SMARTS) is 1. The summed E-state index contributed by atoms with van der Waals surface area (Å²) in [5.41, 5.74) is 11.7. The van der Waals surface area contributed by atoms with E-state index in [1.807, 2.05) is 61.5 Å². The van der Waals surface area contributed by atoms with Gasteiger partial charge in [-0.3, -0.25) is 9.59 Å². The zero-order valence-electron chi connectivity index (χ0n) is 29.8. The first-order valence-electron chi connectivity index (χ1n) is 15.9. The fraction of sp³-hybridized carbons (Fsp3) is 0.636. The number of carboxylic acids is 1. The Kier molecular flexibility index (Phi) is 19.4. The molecule has 266 valence electrons. The van der Waals surface area contributed by atoms with Crippen LogP contribution < -0.4 is 22.3 Å². The predicted octanol–water partition coefficient (Wildman–Crippen LogP) is 4.27. The highest BCUT2D eigenvalue weighted by Crippen LogP contribution is 2.38. The lowest BCUT2D eigenvalue weighted by Crippen LogP contribution is -2.34. The third kappa shape index (κ3) is 13.8. The summed E-state index contributed by atoms with van der Waals surface area (Å²) in [5, 5.41) is 29.9. The van der Waals surface area contributed by atoms with Crippen LogP contribution in [0.4, 0.5) is 5.82 Å². The summed E-state index contributed by atoms with van der Waals surface area (Å²) in [7, 11) is 1.00. The molecule has 13 nitrogen and oxygen atoms in total. The van der Waals surface area contributed by atoms with E-state index < -0.39 is 17.6 Å². The van der Waals surface area contributed by atoms with Crippen molar-refractivity contribution < 1.29 is 24.9 Å². The highest BCUT2D eigenvalue weighted by Gasteiger charge is 2.35. The van der Waals surface area contributed by atoms with Crippen LogP contribution in [0.1, 0.15) is 86.2 Å². The number of hydrogen-bond donors (Lipinski definition) is 7. The monoisotopic (exact) mass is 679 g/mol. The lowest BCUT2D eigenvalue weighted by Gasteiger charge is -2.25. The number of nitrogens with zero attached hydrogens (tertiary/aromatic N) is 3. The highest BCUT2D eigenvalue weighted by molar-refractivity contribution is 7.21. The Morgan fingerprint density at radius 2 is 1.68 bits per heavy atom. The van der Waals surface area contributed by atoms with Gasteiger partial charge in [0.05, 0.1) is 27.6 Å². The Morgan fingerprint density at radius 3 is 2.09 bits per heavy atom. The summed E-state index contributed by atoms with van der Waals surface area (Å²) in [4.78, 5) is 48.3. The van der Waals surface area contributed by atoms with Crippen molar-refractivity contribution in [3.63, 3.8) is 0 Å². The van der Waals surface area contributed by atoms with Crippen molar-refractivity contribution in [3.05, 3.63) is 34.1 Å². The molecule has 4 unspecified atom stereocenters. The minimum Gasteiger partial charge on any atom is -0.480 e. The van der Waals surface area contributed by atoms with Gasteiger partial charge in [-0.2, -0.15) is 0 Å². The predicted molar refractivity (Wildman–Crippen MR) is 191 cm³/mol. The molecule has 1 aliphatic carbocycles. The summed E-state index contributed by atoms with van der Waals surface area (Å²) in [6.07, 6.45) is 5.26. The zero-order valence-corrected chi connectivity index (χ0v) is 30.6. The number of aromatic amines is 1. The van der Waals surface area contributed by atoms with Gasteiger partial charge in [-0.1, -0.05) is 41.5 Å². The van der Waals surface area contributed by atoms with Gasteiger partial charge in [-0.15, -0.1) is 11.3 Å². The second kappa shape index (κ2) is 20.8. The quantitative estimate of drug-likeness (QED) is 0.166. The molecule has 14 heteroatoms. The van der Waals surface area contributed by atoms with Gasteiger partial charge in [0, 0.05) is 19.3 Å². The average molecular weight is 680 g/mol. The Bertz CT molecular complexity index is 1440. The molecular formula is C33H57N7O6S. The van der Waals surface area contributed by atoms with E-state index in [2.05, 4.69) is 25.3 Å².